The van der Waals surface area contributed by atoms with E-state index in [-0.39, 0.29) is 17.5 Å². The molecule has 1 fully saturated rings. The molecule has 24 heavy (non-hydrogen) atoms. The molecule has 0 aromatic heterocycles. The topological polar surface area (TPSA) is 85.2 Å². The van der Waals surface area contributed by atoms with Crippen LogP contribution in [-0.2, 0) is 4.74 Å². The number of nitro groups is 1. The molecule has 0 spiro atoms. The molecule has 1 saturated heterocycles. The van der Waals surface area contributed by atoms with Crippen molar-refractivity contribution in [2.75, 3.05) is 44.8 Å². The Kier molecular flexibility index (Phi) is 6.22. The lowest BCUT2D eigenvalue weighted by atomic mass is 10.2. The zero-order chi connectivity index (χ0) is 17.5. The average Bonchev–Trinajstić information content (AvgIpc) is 2.61. The van der Waals surface area contributed by atoms with Crippen LogP contribution in [0, 0.1) is 10.1 Å². The monoisotopic (exact) mass is 337 g/mol. The number of carbonyl (C=O) groups excluding carboxylic acids is 1. The van der Waals surface area contributed by atoms with Crippen LogP contribution < -0.4 is 9.64 Å². The number of anilines is 1. The number of hydrogen-bond acceptors (Lipinski definition) is 6. The Balaban J connectivity index is 1.94. The first-order chi connectivity index (χ1) is 11.6. The Labute approximate surface area is 141 Å². The number of unbranched alkanes of at least 4 members (excludes halogenated alkanes) is 1. The van der Waals surface area contributed by atoms with Crippen LogP contribution in [0.15, 0.2) is 18.2 Å². The second-order valence-corrected chi connectivity index (χ2v) is 5.56. The Morgan fingerprint density at radius 3 is 2.58 bits per heavy atom. The van der Waals surface area contributed by atoms with Crippen molar-refractivity contribution in [1.29, 1.82) is 0 Å². The minimum Gasteiger partial charge on any atom is -0.490 e. The van der Waals surface area contributed by atoms with Crippen molar-refractivity contribution in [3.8, 4) is 5.75 Å². The zero-order valence-electron chi connectivity index (χ0n) is 14.1. The minimum atomic E-state index is -0.465. The fourth-order valence-electron chi connectivity index (χ4n) is 2.56. The van der Waals surface area contributed by atoms with Crippen molar-refractivity contribution in [3.05, 3.63) is 28.3 Å². The van der Waals surface area contributed by atoms with Crippen molar-refractivity contribution in [2.45, 2.75) is 19.8 Å². The number of ether oxygens (including phenoxy) is 2. The summed E-state index contributed by atoms with van der Waals surface area (Å²) in [5.41, 5.74) is 0.788. The molecule has 0 saturated carbocycles. The molecule has 0 unspecified atom stereocenters. The molecule has 1 aliphatic heterocycles. The van der Waals surface area contributed by atoms with E-state index in [9.17, 15) is 14.9 Å². The van der Waals surface area contributed by atoms with Gasteiger partial charge in [0.1, 0.15) is 0 Å². The maximum Gasteiger partial charge on any atom is 0.409 e. The van der Waals surface area contributed by atoms with E-state index in [1.165, 1.54) is 13.2 Å². The predicted molar refractivity (Wildman–Crippen MR) is 89.7 cm³/mol. The largest absolute Gasteiger partial charge is 0.490 e. The Hall–Kier alpha value is -2.51. The lowest BCUT2D eigenvalue weighted by Crippen LogP contribution is -2.49. The van der Waals surface area contributed by atoms with Gasteiger partial charge < -0.3 is 19.3 Å². The summed E-state index contributed by atoms with van der Waals surface area (Å²) in [5.74, 6) is 0.235. The van der Waals surface area contributed by atoms with Gasteiger partial charge in [-0.05, 0) is 12.5 Å². The number of amides is 1. The van der Waals surface area contributed by atoms with Crippen LogP contribution >= 0.6 is 0 Å². The van der Waals surface area contributed by atoms with Crippen LogP contribution in [0.3, 0.4) is 0 Å². The maximum absolute atomic E-state index is 11.9. The molecule has 1 heterocycles. The molecule has 0 atom stereocenters. The van der Waals surface area contributed by atoms with Gasteiger partial charge in [0, 0.05) is 44.0 Å². The SMILES string of the molecule is CCCCOC(=O)N1CCN(c2ccc([N+](=O)[O-])c(OC)c2)CC1. The van der Waals surface area contributed by atoms with Crippen LogP contribution in [0.1, 0.15) is 19.8 Å². The first-order valence-corrected chi connectivity index (χ1v) is 8.06. The number of piperazine rings is 1. The van der Waals surface area contributed by atoms with Crippen molar-refractivity contribution in [3.63, 3.8) is 0 Å². The van der Waals surface area contributed by atoms with Crippen LogP contribution in [0.2, 0.25) is 0 Å². The van der Waals surface area contributed by atoms with Crippen LogP contribution in [0.25, 0.3) is 0 Å². The molecule has 0 radical (unpaired) electrons. The third kappa shape index (κ3) is 4.27. The quantitative estimate of drug-likeness (QED) is 0.451. The van der Waals surface area contributed by atoms with Gasteiger partial charge in [-0.25, -0.2) is 4.79 Å². The van der Waals surface area contributed by atoms with E-state index in [0.717, 1.165) is 18.5 Å². The molecule has 1 aromatic carbocycles. The summed E-state index contributed by atoms with van der Waals surface area (Å²) < 4.78 is 10.3. The molecule has 1 amide bonds. The molecule has 1 aromatic rings. The van der Waals surface area contributed by atoms with Gasteiger partial charge in [0.15, 0.2) is 5.75 Å². The summed E-state index contributed by atoms with van der Waals surface area (Å²) in [6, 6.07) is 4.81. The van der Waals surface area contributed by atoms with E-state index < -0.39 is 4.92 Å². The normalized spacial score (nSPS) is 14.4. The third-order valence-corrected chi connectivity index (χ3v) is 3.99. The zero-order valence-corrected chi connectivity index (χ0v) is 14.1. The number of benzene rings is 1. The van der Waals surface area contributed by atoms with Crippen molar-refractivity contribution in [1.82, 2.24) is 4.90 Å². The van der Waals surface area contributed by atoms with Crippen molar-refractivity contribution >= 4 is 17.5 Å². The van der Waals surface area contributed by atoms with Crippen molar-refractivity contribution in [2.24, 2.45) is 0 Å². The number of nitrogens with zero attached hydrogens (tertiary/aromatic N) is 3. The second-order valence-electron chi connectivity index (χ2n) is 5.56. The highest BCUT2D eigenvalue weighted by Gasteiger charge is 2.24. The molecular formula is C16H23N3O5. The Bertz CT molecular complexity index is 585. The highest BCUT2D eigenvalue weighted by molar-refractivity contribution is 5.68. The fourth-order valence-corrected chi connectivity index (χ4v) is 2.56. The Morgan fingerprint density at radius 1 is 1.29 bits per heavy atom. The average molecular weight is 337 g/mol. The number of methoxy groups -OCH3 is 1. The highest BCUT2D eigenvalue weighted by atomic mass is 16.6. The van der Waals surface area contributed by atoms with Gasteiger partial charge in [0.2, 0.25) is 0 Å². The van der Waals surface area contributed by atoms with E-state index in [2.05, 4.69) is 4.90 Å². The molecule has 8 nitrogen and oxygen atoms in total. The summed E-state index contributed by atoms with van der Waals surface area (Å²) >= 11 is 0. The summed E-state index contributed by atoms with van der Waals surface area (Å²) in [7, 11) is 1.41. The third-order valence-electron chi connectivity index (χ3n) is 3.99. The van der Waals surface area contributed by atoms with E-state index in [0.29, 0.717) is 32.8 Å². The maximum atomic E-state index is 11.9. The first-order valence-electron chi connectivity index (χ1n) is 8.06. The van der Waals surface area contributed by atoms with Crippen LogP contribution in [0.4, 0.5) is 16.2 Å². The van der Waals surface area contributed by atoms with Gasteiger partial charge >= 0.3 is 11.8 Å². The fraction of sp³-hybridized carbons (Fsp3) is 0.562. The number of hydrogen-bond donors (Lipinski definition) is 0. The standard InChI is InChI=1S/C16H23N3O5/c1-3-4-11-24-16(20)18-9-7-17(8-10-18)13-5-6-14(19(21)22)15(12-13)23-2/h5-6,12H,3-4,7-11H2,1-2H3. The molecule has 1 aliphatic rings. The molecular weight excluding hydrogens is 314 g/mol. The number of carbonyl (C=O) groups is 1. The first kappa shape index (κ1) is 17.8. The van der Waals surface area contributed by atoms with Crippen LogP contribution in [-0.4, -0.2) is 55.8 Å². The van der Waals surface area contributed by atoms with E-state index in [1.54, 1.807) is 17.0 Å². The molecule has 8 heteroatoms. The second kappa shape index (κ2) is 8.37. The van der Waals surface area contributed by atoms with E-state index in [4.69, 9.17) is 9.47 Å². The highest BCUT2D eigenvalue weighted by Crippen LogP contribution is 2.31. The van der Waals surface area contributed by atoms with Gasteiger partial charge in [0.25, 0.3) is 0 Å². The summed E-state index contributed by atoms with van der Waals surface area (Å²) in [5, 5.41) is 10.9. The van der Waals surface area contributed by atoms with Gasteiger partial charge in [0.05, 0.1) is 18.6 Å². The lowest BCUT2D eigenvalue weighted by molar-refractivity contribution is -0.385. The lowest BCUT2D eigenvalue weighted by Gasteiger charge is -2.35. The molecule has 0 aliphatic carbocycles. The van der Waals surface area contributed by atoms with Crippen molar-refractivity contribution < 1.29 is 19.2 Å². The van der Waals surface area contributed by atoms with Gasteiger partial charge in [-0.3, -0.25) is 10.1 Å². The van der Waals surface area contributed by atoms with Gasteiger partial charge in [-0.15, -0.1) is 0 Å². The smallest absolute Gasteiger partial charge is 0.409 e. The predicted octanol–water partition coefficient (Wildman–Crippen LogP) is 2.66. The molecule has 0 N–H and O–H groups in total. The van der Waals surface area contributed by atoms with Crippen LogP contribution in [0.5, 0.6) is 5.75 Å². The molecule has 132 valence electrons. The number of rotatable bonds is 6. The summed E-state index contributed by atoms with van der Waals surface area (Å²) in [4.78, 5) is 26.2. The molecule has 0 bridgehead atoms. The summed E-state index contributed by atoms with van der Waals surface area (Å²) in [6.45, 7) is 4.91. The van der Waals surface area contributed by atoms with E-state index >= 15 is 0 Å². The minimum absolute atomic E-state index is 0.0561. The van der Waals surface area contributed by atoms with Gasteiger partial charge in [-0.1, -0.05) is 13.3 Å². The number of nitro benzene ring substituents is 1. The van der Waals surface area contributed by atoms with Gasteiger partial charge in [-0.2, -0.15) is 0 Å². The summed E-state index contributed by atoms with van der Waals surface area (Å²) in [6.07, 6.45) is 1.58. The molecule has 2 rings (SSSR count). The van der Waals surface area contributed by atoms with E-state index in [1.807, 2.05) is 6.92 Å². The Morgan fingerprint density at radius 2 is 2.00 bits per heavy atom.